The second-order valence-electron chi connectivity index (χ2n) is 6.93. The van der Waals surface area contributed by atoms with Crippen molar-refractivity contribution < 1.29 is 16.8 Å². The van der Waals surface area contributed by atoms with E-state index in [-0.39, 0.29) is 9.79 Å². The van der Waals surface area contributed by atoms with Crippen LogP contribution < -0.4 is 9.66 Å². The summed E-state index contributed by atoms with van der Waals surface area (Å²) in [5, 5.41) is 0. The van der Waals surface area contributed by atoms with Gasteiger partial charge in [0.1, 0.15) is 0 Å². The molecule has 0 aliphatic heterocycles. The third-order valence-electron chi connectivity index (χ3n) is 4.91. The average molecular weight is 409 g/mol. The number of aryl methyl sites for hydroxylation is 1. The fourth-order valence-electron chi connectivity index (χ4n) is 3.30. The van der Waals surface area contributed by atoms with E-state index in [1.807, 2.05) is 28.7 Å². The van der Waals surface area contributed by atoms with Crippen molar-refractivity contribution in [3.63, 3.8) is 0 Å². The zero-order valence-electron chi connectivity index (χ0n) is 15.2. The zero-order valence-corrected chi connectivity index (χ0v) is 16.8. The smallest absolute Gasteiger partial charge is 0.206 e. The van der Waals surface area contributed by atoms with Crippen molar-refractivity contribution in [2.45, 2.75) is 54.7 Å². The fourth-order valence-corrected chi connectivity index (χ4v) is 5.40. The molecule has 1 fully saturated rings. The van der Waals surface area contributed by atoms with E-state index in [2.05, 4.69) is 0 Å². The Morgan fingerprint density at radius 1 is 0.704 bits per heavy atom. The minimum absolute atomic E-state index is 0.0107. The van der Waals surface area contributed by atoms with Crippen LogP contribution in [0.3, 0.4) is 0 Å². The Hall–Kier alpha value is -1.74. The van der Waals surface area contributed by atoms with Gasteiger partial charge in [0.25, 0.3) is 20.0 Å². The first kappa shape index (κ1) is 20.0. The van der Waals surface area contributed by atoms with Crippen molar-refractivity contribution in [3.8, 4) is 0 Å². The predicted molar refractivity (Wildman–Crippen MR) is 104 cm³/mol. The van der Waals surface area contributed by atoms with Crippen LogP contribution in [-0.4, -0.2) is 16.8 Å². The van der Waals surface area contributed by atoms with Crippen LogP contribution in [0.1, 0.15) is 49.1 Å². The maximum absolute atomic E-state index is 12.4. The van der Waals surface area contributed by atoms with Crippen molar-refractivity contribution in [3.05, 3.63) is 59.7 Å². The van der Waals surface area contributed by atoms with Crippen LogP contribution in [-0.2, 0) is 20.0 Å². The van der Waals surface area contributed by atoms with E-state index < -0.39 is 20.0 Å². The van der Waals surface area contributed by atoms with E-state index in [4.69, 9.17) is 0 Å². The van der Waals surface area contributed by atoms with Gasteiger partial charge in [-0.1, -0.05) is 49.1 Å². The monoisotopic (exact) mass is 408 g/mol. The Morgan fingerprint density at radius 2 is 1.15 bits per heavy atom. The Bertz CT molecular complexity index is 977. The molecule has 0 atom stereocenters. The van der Waals surface area contributed by atoms with Crippen molar-refractivity contribution in [2.24, 2.45) is 0 Å². The van der Waals surface area contributed by atoms with Gasteiger partial charge in [-0.05, 0) is 55.5 Å². The highest BCUT2D eigenvalue weighted by atomic mass is 32.2. The second-order valence-corrected chi connectivity index (χ2v) is 10.3. The van der Waals surface area contributed by atoms with E-state index >= 15 is 0 Å². The molecule has 8 heteroatoms. The third-order valence-corrected chi connectivity index (χ3v) is 7.56. The Balaban J connectivity index is 1.69. The zero-order chi connectivity index (χ0) is 19.5. The molecule has 1 aliphatic rings. The van der Waals surface area contributed by atoms with Crippen molar-refractivity contribution in [1.29, 1.82) is 0 Å². The number of rotatable bonds is 6. The second kappa shape index (κ2) is 8.10. The molecule has 6 nitrogen and oxygen atoms in total. The van der Waals surface area contributed by atoms with Crippen molar-refractivity contribution >= 4 is 20.0 Å². The molecule has 2 aromatic rings. The molecule has 2 N–H and O–H groups in total. The number of sulfonamides is 2. The normalized spacial score (nSPS) is 16.3. The minimum Gasteiger partial charge on any atom is -0.206 e. The fraction of sp³-hybridized carbons (Fsp3) is 0.368. The summed E-state index contributed by atoms with van der Waals surface area (Å²) in [5.74, 6) is 0.475. The highest BCUT2D eigenvalue weighted by Crippen LogP contribution is 2.32. The molecule has 2 aromatic carbocycles. The third kappa shape index (κ3) is 4.95. The van der Waals surface area contributed by atoms with E-state index in [0.29, 0.717) is 5.92 Å². The molecule has 0 aromatic heterocycles. The lowest BCUT2D eigenvalue weighted by Crippen LogP contribution is -2.41. The van der Waals surface area contributed by atoms with Gasteiger partial charge in [-0.2, -0.15) is 0 Å². The quantitative estimate of drug-likeness (QED) is 0.718. The molecule has 0 bridgehead atoms. The first-order chi connectivity index (χ1) is 12.8. The van der Waals surface area contributed by atoms with E-state index in [0.717, 1.165) is 24.0 Å². The molecule has 1 saturated carbocycles. The Labute approximate surface area is 161 Å². The maximum Gasteiger partial charge on any atom is 0.254 e. The Morgan fingerprint density at radius 3 is 1.63 bits per heavy atom. The summed E-state index contributed by atoms with van der Waals surface area (Å²) in [4.78, 5) is 3.92. The molecule has 0 heterocycles. The maximum atomic E-state index is 12.4. The van der Waals surface area contributed by atoms with Crippen LogP contribution in [0.2, 0.25) is 0 Å². The lowest BCUT2D eigenvalue weighted by atomic mass is 9.84. The molecule has 0 saturated heterocycles. The summed E-state index contributed by atoms with van der Waals surface area (Å²) in [5.41, 5.74) is 2.04. The summed E-state index contributed by atoms with van der Waals surface area (Å²) >= 11 is 0. The standard InChI is InChI=1S/C19H24N2O4S2/c1-15-7-11-18(12-8-15)26(22,23)20-21-27(24,25)19-13-9-17(10-14-19)16-5-3-2-4-6-16/h7-14,16,20-21H,2-6H2,1H3. The van der Waals surface area contributed by atoms with Gasteiger partial charge >= 0.3 is 0 Å². The lowest BCUT2D eigenvalue weighted by Gasteiger charge is -2.22. The predicted octanol–water partition coefficient (Wildman–Crippen LogP) is 3.21. The largest absolute Gasteiger partial charge is 0.254 e. The summed E-state index contributed by atoms with van der Waals surface area (Å²) in [6.07, 6.45) is 5.91. The number of hydrogen-bond acceptors (Lipinski definition) is 4. The summed E-state index contributed by atoms with van der Waals surface area (Å²) < 4.78 is 49.3. The molecule has 3 rings (SSSR count). The van der Waals surface area contributed by atoms with Crippen LogP contribution in [0.4, 0.5) is 0 Å². The molecule has 0 radical (unpaired) electrons. The molecule has 0 amide bonds. The van der Waals surface area contributed by atoms with Gasteiger partial charge in [-0.15, -0.1) is 9.66 Å². The average Bonchev–Trinajstić information content (AvgIpc) is 2.68. The van der Waals surface area contributed by atoms with Crippen LogP contribution in [0, 0.1) is 6.92 Å². The topological polar surface area (TPSA) is 92.3 Å². The highest BCUT2D eigenvalue weighted by molar-refractivity contribution is 7.92. The van der Waals surface area contributed by atoms with Gasteiger partial charge in [0, 0.05) is 0 Å². The Kier molecular flexibility index (Phi) is 6.00. The SMILES string of the molecule is Cc1ccc(S(=O)(=O)NNS(=O)(=O)c2ccc(C3CCCCC3)cc2)cc1. The first-order valence-corrected chi connectivity index (χ1v) is 11.9. The summed E-state index contributed by atoms with van der Waals surface area (Å²) in [6.45, 7) is 1.84. The van der Waals surface area contributed by atoms with E-state index in [1.165, 1.54) is 43.5 Å². The van der Waals surface area contributed by atoms with E-state index in [9.17, 15) is 16.8 Å². The first-order valence-electron chi connectivity index (χ1n) is 8.98. The molecule has 1 aliphatic carbocycles. The van der Waals surface area contributed by atoms with Gasteiger partial charge in [-0.25, -0.2) is 16.8 Å². The number of nitrogens with one attached hydrogen (secondary N) is 2. The van der Waals surface area contributed by atoms with Crippen LogP contribution in [0.5, 0.6) is 0 Å². The van der Waals surface area contributed by atoms with Gasteiger partial charge in [0.05, 0.1) is 9.79 Å². The van der Waals surface area contributed by atoms with Gasteiger partial charge < -0.3 is 0 Å². The lowest BCUT2D eigenvalue weighted by molar-refractivity contribution is 0.443. The van der Waals surface area contributed by atoms with Crippen molar-refractivity contribution in [2.75, 3.05) is 0 Å². The summed E-state index contributed by atoms with van der Waals surface area (Å²) in [7, 11) is -7.98. The molecule has 146 valence electrons. The minimum atomic E-state index is -4.00. The highest BCUT2D eigenvalue weighted by Gasteiger charge is 2.21. The number of benzene rings is 2. The van der Waals surface area contributed by atoms with Gasteiger partial charge in [-0.3, -0.25) is 0 Å². The van der Waals surface area contributed by atoms with E-state index in [1.54, 1.807) is 12.1 Å². The van der Waals surface area contributed by atoms with Crippen molar-refractivity contribution in [1.82, 2.24) is 9.66 Å². The molecular weight excluding hydrogens is 384 g/mol. The van der Waals surface area contributed by atoms with Crippen LogP contribution in [0.15, 0.2) is 58.3 Å². The number of hydrogen-bond donors (Lipinski definition) is 2. The molecule has 0 spiro atoms. The molecule has 0 unspecified atom stereocenters. The molecule has 27 heavy (non-hydrogen) atoms. The summed E-state index contributed by atoms with van der Waals surface area (Å²) in [6, 6.07) is 12.8. The van der Waals surface area contributed by atoms with Crippen LogP contribution >= 0.6 is 0 Å². The van der Waals surface area contributed by atoms with Crippen LogP contribution in [0.25, 0.3) is 0 Å². The van der Waals surface area contributed by atoms with Gasteiger partial charge in [0.2, 0.25) is 0 Å². The number of hydrazine groups is 1. The molecular formula is C19H24N2O4S2. The van der Waals surface area contributed by atoms with Gasteiger partial charge in [0.15, 0.2) is 0 Å².